The molecule has 30 heavy (non-hydrogen) atoms. The molecule has 0 spiro atoms. The lowest BCUT2D eigenvalue weighted by molar-refractivity contribution is -0.138. The average Bonchev–Trinajstić information content (AvgIpc) is 2.63. The van der Waals surface area contributed by atoms with Gasteiger partial charge in [-0.2, -0.15) is 0 Å². The highest BCUT2D eigenvalue weighted by atomic mass is 127. The smallest absolute Gasteiger partial charge is 0.320 e. The second kappa shape index (κ2) is 13.3. The molecule has 0 aromatic heterocycles. The number of hydrogen-bond donors (Lipinski definition) is 4. The second-order valence-corrected chi connectivity index (χ2v) is 9.76. The van der Waals surface area contributed by atoms with Crippen molar-refractivity contribution < 1.29 is 19.5 Å². The van der Waals surface area contributed by atoms with Gasteiger partial charge in [-0.05, 0) is 37.5 Å². The maximum absolute atomic E-state index is 13.0. The van der Waals surface area contributed by atoms with Gasteiger partial charge in [0.05, 0.1) is 6.04 Å². The van der Waals surface area contributed by atoms with Crippen LogP contribution in [0.5, 0.6) is 0 Å². The van der Waals surface area contributed by atoms with Crippen LogP contribution in [0.25, 0.3) is 0 Å². The molecule has 8 nitrogen and oxygen atoms in total. The molecule has 0 aromatic carbocycles. The van der Waals surface area contributed by atoms with Crippen molar-refractivity contribution in [2.45, 2.75) is 78.9 Å². The molecular formula is C21H39IN4O4. The second-order valence-electron chi connectivity index (χ2n) is 9.14. The summed E-state index contributed by atoms with van der Waals surface area (Å²) in [6.07, 6.45) is 3.49. The van der Waals surface area contributed by atoms with Gasteiger partial charge >= 0.3 is 5.97 Å². The summed E-state index contributed by atoms with van der Waals surface area (Å²) in [6.45, 7) is 12.3. The Balaban J connectivity index is 4.98. The van der Waals surface area contributed by atoms with Gasteiger partial charge in [0.15, 0.2) is 0 Å². The summed E-state index contributed by atoms with van der Waals surface area (Å²) < 4.78 is 3.08. The number of nitrogens with zero attached hydrogens (tertiary/aromatic N) is 1. The summed E-state index contributed by atoms with van der Waals surface area (Å²) in [5, 5.41) is 11.6. The number of aliphatic carboxylic acids is 1. The molecule has 9 heteroatoms. The molecule has 0 radical (unpaired) electrons. The van der Waals surface area contributed by atoms with Crippen LogP contribution < -0.4 is 14.6 Å². The zero-order valence-corrected chi connectivity index (χ0v) is 21.4. The third kappa shape index (κ3) is 9.74. The number of nitrogens with two attached hydrogens (primary N) is 1. The molecule has 0 aliphatic heterocycles. The van der Waals surface area contributed by atoms with E-state index in [-0.39, 0.29) is 35.2 Å². The topological polar surface area (TPSA) is 125 Å². The highest BCUT2D eigenvalue weighted by molar-refractivity contribution is 14.1. The number of hydrogen-bond acceptors (Lipinski definition) is 5. The van der Waals surface area contributed by atoms with Crippen LogP contribution in [0, 0.1) is 11.3 Å². The number of carboxylic acid groups (broad SMARTS) is 1. The Labute approximate surface area is 194 Å². The minimum Gasteiger partial charge on any atom is -0.480 e. The van der Waals surface area contributed by atoms with Gasteiger partial charge in [-0.25, -0.2) is 3.53 Å². The first-order chi connectivity index (χ1) is 13.7. The van der Waals surface area contributed by atoms with E-state index in [9.17, 15) is 14.4 Å². The van der Waals surface area contributed by atoms with Crippen molar-refractivity contribution in [3.8, 4) is 0 Å². The van der Waals surface area contributed by atoms with Crippen molar-refractivity contribution in [2.24, 2.45) is 17.1 Å². The Morgan fingerprint density at radius 3 is 2.20 bits per heavy atom. The molecule has 3 atom stereocenters. The van der Waals surface area contributed by atoms with Crippen molar-refractivity contribution >= 4 is 40.6 Å². The van der Waals surface area contributed by atoms with Crippen LogP contribution in [0.1, 0.15) is 60.8 Å². The fourth-order valence-electron chi connectivity index (χ4n) is 2.97. The van der Waals surface area contributed by atoms with Crippen LogP contribution in [-0.4, -0.2) is 59.5 Å². The van der Waals surface area contributed by atoms with Crippen LogP contribution in [0.2, 0.25) is 0 Å². The third-order valence-electron chi connectivity index (χ3n) is 5.02. The van der Waals surface area contributed by atoms with Crippen LogP contribution in [0.4, 0.5) is 0 Å². The summed E-state index contributed by atoms with van der Waals surface area (Å²) in [5.74, 6) is -1.09. The number of carboxylic acids is 1. The summed E-state index contributed by atoms with van der Waals surface area (Å²) >= 11 is 2.01. The normalized spacial score (nSPS) is 15.5. The van der Waals surface area contributed by atoms with Crippen LogP contribution in [-0.2, 0) is 14.4 Å². The van der Waals surface area contributed by atoms with E-state index in [1.54, 1.807) is 18.9 Å². The Morgan fingerprint density at radius 2 is 1.77 bits per heavy atom. The van der Waals surface area contributed by atoms with E-state index in [4.69, 9.17) is 10.8 Å². The van der Waals surface area contributed by atoms with Crippen molar-refractivity contribution in [2.75, 3.05) is 13.6 Å². The van der Waals surface area contributed by atoms with E-state index in [1.165, 1.54) is 0 Å². The molecule has 0 aliphatic carbocycles. The zero-order valence-electron chi connectivity index (χ0n) is 19.3. The monoisotopic (exact) mass is 538 g/mol. The highest BCUT2D eigenvalue weighted by Crippen LogP contribution is 2.24. The zero-order chi connectivity index (χ0) is 23.6. The predicted octanol–water partition coefficient (Wildman–Crippen LogP) is 2.47. The molecular weight excluding hydrogens is 499 g/mol. The first-order valence-corrected chi connectivity index (χ1v) is 11.4. The molecule has 0 heterocycles. The number of carbonyl (C=O) groups is 3. The molecule has 174 valence electrons. The number of amides is 2. The number of unbranched alkanes of at least 4 members (excludes halogenated alkanes) is 1. The van der Waals surface area contributed by atoms with E-state index in [0.29, 0.717) is 31.4 Å². The van der Waals surface area contributed by atoms with E-state index < -0.39 is 12.0 Å². The molecule has 0 saturated carbocycles. The lowest BCUT2D eigenvalue weighted by atomic mass is 9.86. The summed E-state index contributed by atoms with van der Waals surface area (Å²) in [5.41, 5.74) is 5.77. The summed E-state index contributed by atoms with van der Waals surface area (Å²) in [7, 11) is 1.77. The van der Waals surface area contributed by atoms with Gasteiger partial charge in [0.1, 0.15) is 12.1 Å². The number of rotatable bonds is 12. The molecule has 0 saturated heterocycles. The van der Waals surface area contributed by atoms with Gasteiger partial charge in [0.25, 0.3) is 0 Å². The first kappa shape index (κ1) is 28.8. The molecule has 1 unspecified atom stereocenters. The van der Waals surface area contributed by atoms with E-state index in [0.717, 1.165) is 0 Å². The number of carbonyl (C=O) groups excluding carboxylic acids is 2. The molecule has 0 rings (SSSR count). The fraction of sp³-hybridized carbons (Fsp3) is 0.762. The number of halogens is 1. The van der Waals surface area contributed by atoms with Gasteiger partial charge in [0.2, 0.25) is 11.8 Å². The highest BCUT2D eigenvalue weighted by Gasteiger charge is 2.35. The van der Waals surface area contributed by atoms with Gasteiger partial charge in [0, 0.05) is 42.0 Å². The Morgan fingerprint density at radius 1 is 1.20 bits per heavy atom. The largest absolute Gasteiger partial charge is 0.480 e. The van der Waals surface area contributed by atoms with Crippen molar-refractivity contribution in [3.05, 3.63) is 11.6 Å². The predicted molar refractivity (Wildman–Crippen MR) is 128 cm³/mol. The first-order valence-electron chi connectivity index (χ1n) is 10.3. The van der Waals surface area contributed by atoms with Crippen molar-refractivity contribution in [1.82, 2.24) is 13.7 Å². The third-order valence-corrected chi connectivity index (χ3v) is 5.65. The lowest BCUT2D eigenvalue weighted by Gasteiger charge is -2.36. The SMILES string of the molecule is C/C(=C\[C@H](C(C)C)N(C)C(=O)[C@@H](NI)C(C)(C)C)C(=O)NCCCCC(N)C(=O)O. The maximum Gasteiger partial charge on any atom is 0.320 e. The molecule has 5 N–H and O–H groups in total. The number of likely N-dealkylation sites (N-methyl/N-ethyl adjacent to an activating group) is 1. The molecule has 0 bridgehead atoms. The van der Waals surface area contributed by atoms with E-state index in [1.807, 2.05) is 63.6 Å². The van der Waals surface area contributed by atoms with Gasteiger partial charge in [-0.1, -0.05) is 40.7 Å². The lowest BCUT2D eigenvalue weighted by Crippen LogP contribution is -2.52. The van der Waals surface area contributed by atoms with Crippen LogP contribution >= 0.6 is 22.9 Å². The van der Waals surface area contributed by atoms with Crippen LogP contribution in [0.3, 0.4) is 0 Å². The molecule has 0 aromatic rings. The van der Waals surface area contributed by atoms with E-state index >= 15 is 0 Å². The summed E-state index contributed by atoms with van der Waals surface area (Å²) in [6, 6.07) is -1.42. The number of nitrogens with one attached hydrogen (secondary N) is 2. The average molecular weight is 538 g/mol. The minimum absolute atomic E-state index is 0.0187. The van der Waals surface area contributed by atoms with Gasteiger partial charge in [-0.3, -0.25) is 14.4 Å². The minimum atomic E-state index is -1.01. The van der Waals surface area contributed by atoms with Crippen LogP contribution in [0.15, 0.2) is 11.6 Å². The molecule has 0 aliphatic rings. The Hall–Kier alpha value is -1.20. The maximum atomic E-state index is 13.0. The van der Waals surface area contributed by atoms with Gasteiger partial charge in [-0.15, -0.1) is 0 Å². The van der Waals surface area contributed by atoms with Crippen molar-refractivity contribution in [3.63, 3.8) is 0 Å². The Bertz CT molecular complexity index is 617. The standard InChI is InChI=1S/C21H39IN4O4/c1-13(2)16(26(7)19(28)17(25-22)21(4,5)6)12-14(3)18(27)24-11-9-8-10-15(23)20(29)30/h12-13,15-17,25H,8-11,23H2,1-7H3,(H,24,27)(H,29,30)/b14-12+/t15?,16-,17-/m1/s1. The molecule has 2 amide bonds. The molecule has 0 fully saturated rings. The fourth-order valence-corrected chi connectivity index (χ4v) is 4.17. The quantitative estimate of drug-likeness (QED) is 0.131. The van der Waals surface area contributed by atoms with Crippen molar-refractivity contribution in [1.29, 1.82) is 0 Å². The van der Waals surface area contributed by atoms with E-state index in [2.05, 4.69) is 8.85 Å². The Kier molecular flexibility index (Phi) is 12.7. The van der Waals surface area contributed by atoms with Gasteiger partial charge < -0.3 is 21.1 Å². The summed E-state index contributed by atoms with van der Waals surface area (Å²) in [4.78, 5) is 37.9.